The van der Waals surface area contributed by atoms with Gasteiger partial charge < -0.3 is 10.1 Å². The number of hydrogen-bond donors (Lipinski definition) is 1. The zero-order chi connectivity index (χ0) is 22.1. The molecule has 2 aromatic carbocycles. The highest BCUT2D eigenvalue weighted by Crippen LogP contribution is 2.29. The van der Waals surface area contributed by atoms with Crippen LogP contribution < -0.4 is 10.1 Å². The van der Waals surface area contributed by atoms with E-state index in [-0.39, 0.29) is 18.3 Å². The number of carbonyl (C=O) groups is 1. The Kier molecular flexibility index (Phi) is 5.28. The quantitative estimate of drug-likeness (QED) is 0.409. The predicted molar refractivity (Wildman–Crippen MR) is 118 cm³/mol. The van der Waals surface area contributed by atoms with Crippen molar-refractivity contribution in [2.24, 2.45) is 0 Å². The molecule has 8 nitrogen and oxygen atoms in total. The molecule has 0 saturated carbocycles. The van der Waals surface area contributed by atoms with Gasteiger partial charge in [-0.15, -0.1) is 5.10 Å². The number of imidazole rings is 1. The van der Waals surface area contributed by atoms with Crippen LogP contribution in [-0.2, 0) is 13.1 Å². The molecule has 0 aliphatic rings. The van der Waals surface area contributed by atoms with Crippen molar-refractivity contribution in [1.82, 2.24) is 29.7 Å². The van der Waals surface area contributed by atoms with E-state index in [2.05, 4.69) is 20.6 Å². The van der Waals surface area contributed by atoms with Crippen molar-refractivity contribution in [3.05, 3.63) is 77.6 Å². The molecule has 32 heavy (non-hydrogen) atoms. The van der Waals surface area contributed by atoms with Gasteiger partial charge in [-0.1, -0.05) is 28.7 Å². The monoisotopic (exact) mass is 450 g/mol. The molecule has 3 heterocycles. The van der Waals surface area contributed by atoms with Gasteiger partial charge in [0.25, 0.3) is 5.91 Å². The minimum Gasteiger partial charge on any atom is -0.494 e. The summed E-state index contributed by atoms with van der Waals surface area (Å²) >= 11 is 1.50. The van der Waals surface area contributed by atoms with Crippen molar-refractivity contribution in [2.45, 2.75) is 20.0 Å². The van der Waals surface area contributed by atoms with Gasteiger partial charge in [-0.3, -0.25) is 9.20 Å². The molecule has 5 rings (SSSR count). The molecular formula is C22H19FN6O2S. The number of nitrogens with zero attached hydrogens (tertiary/aromatic N) is 5. The molecule has 0 spiro atoms. The highest BCUT2D eigenvalue weighted by molar-refractivity contribution is 7.23. The Labute approximate surface area is 186 Å². The number of carbonyl (C=O) groups excluding carboxylic acids is 1. The van der Waals surface area contributed by atoms with Crippen LogP contribution in [-0.4, -0.2) is 36.9 Å². The number of amides is 1. The predicted octanol–water partition coefficient (Wildman–Crippen LogP) is 3.66. The van der Waals surface area contributed by atoms with E-state index in [1.807, 2.05) is 29.5 Å². The van der Waals surface area contributed by atoms with Crippen LogP contribution >= 0.6 is 11.3 Å². The van der Waals surface area contributed by atoms with Gasteiger partial charge in [0.2, 0.25) is 0 Å². The maximum Gasteiger partial charge on any atom is 0.271 e. The maximum atomic E-state index is 13.0. The van der Waals surface area contributed by atoms with E-state index in [1.54, 1.807) is 29.2 Å². The lowest BCUT2D eigenvalue weighted by atomic mass is 10.2. The summed E-state index contributed by atoms with van der Waals surface area (Å²) in [6, 6.07) is 12.1. The summed E-state index contributed by atoms with van der Waals surface area (Å²) in [6.07, 6.45) is 3.48. The van der Waals surface area contributed by atoms with Gasteiger partial charge in [0, 0.05) is 6.20 Å². The molecule has 162 valence electrons. The Morgan fingerprint density at radius 3 is 2.84 bits per heavy atom. The molecule has 10 heteroatoms. The fraction of sp³-hybridized carbons (Fsp3) is 0.182. The SMILES string of the molecule is CCOc1ccc2c(c1)sc1nc(C(=O)NCc3cn(Cc4ccc(F)cc4)nn3)cn12. The lowest BCUT2D eigenvalue weighted by Gasteiger charge is -2.02. The zero-order valence-corrected chi connectivity index (χ0v) is 18.0. The van der Waals surface area contributed by atoms with Crippen LogP contribution in [0.15, 0.2) is 54.9 Å². The van der Waals surface area contributed by atoms with E-state index in [0.29, 0.717) is 24.5 Å². The molecule has 1 N–H and O–H groups in total. The highest BCUT2D eigenvalue weighted by Gasteiger charge is 2.15. The first-order chi connectivity index (χ1) is 15.6. The Hall–Kier alpha value is -3.79. The van der Waals surface area contributed by atoms with Crippen molar-refractivity contribution in [2.75, 3.05) is 6.61 Å². The van der Waals surface area contributed by atoms with Gasteiger partial charge in [-0.25, -0.2) is 14.1 Å². The van der Waals surface area contributed by atoms with Crippen molar-refractivity contribution >= 4 is 32.4 Å². The van der Waals surface area contributed by atoms with Gasteiger partial charge in [0.05, 0.1) is 36.1 Å². The Morgan fingerprint density at radius 1 is 1.19 bits per heavy atom. The molecular weight excluding hydrogens is 431 g/mol. The van der Waals surface area contributed by atoms with Crippen LogP contribution in [0, 0.1) is 5.82 Å². The number of hydrogen-bond acceptors (Lipinski definition) is 6. The summed E-state index contributed by atoms with van der Waals surface area (Å²) in [5.41, 5.74) is 2.84. The minimum absolute atomic E-state index is 0.228. The molecule has 5 aromatic rings. The molecule has 0 fully saturated rings. The van der Waals surface area contributed by atoms with Crippen LogP contribution in [0.4, 0.5) is 4.39 Å². The summed E-state index contributed by atoms with van der Waals surface area (Å²) < 4.78 is 23.2. The lowest BCUT2D eigenvalue weighted by Crippen LogP contribution is -2.23. The normalized spacial score (nSPS) is 11.3. The summed E-state index contributed by atoms with van der Waals surface area (Å²) in [7, 11) is 0. The van der Waals surface area contributed by atoms with E-state index in [4.69, 9.17) is 4.74 Å². The van der Waals surface area contributed by atoms with E-state index in [1.165, 1.54) is 23.5 Å². The molecule has 0 bridgehead atoms. The minimum atomic E-state index is -0.284. The second-order valence-electron chi connectivity index (χ2n) is 7.16. The Bertz CT molecular complexity index is 1410. The summed E-state index contributed by atoms with van der Waals surface area (Å²) in [5, 5.41) is 11.0. The molecule has 1 amide bonds. The molecule has 0 aliphatic carbocycles. The second kappa shape index (κ2) is 8.39. The molecule has 0 saturated heterocycles. The van der Waals surface area contributed by atoms with Crippen LogP contribution in [0.3, 0.4) is 0 Å². The number of fused-ring (bicyclic) bond motifs is 3. The molecule has 0 unspecified atom stereocenters. The first-order valence-corrected chi connectivity index (χ1v) is 10.9. The van der Waals surface area contributed by atoms with Gasteiger partial charge in [0.1, 0.15) is 23.0 Å². The number of benzene rings is 2. The number of ether oxygens (including phenoxy) is 1. The van der Waals surface area contributed by atoms with Crippen molar-refractivity contribution in [3.63, 3.8) is 0 Å². The third kappa shape index (κ3) is 4.04. The summed E-state index contributed by atoms with van der Waals surface area (Å²) in [4.78, 5) is 17.8. The standard InChI is InChI=1S/C22H19FN6O2S/c1-2-31-17-7-8-19-20(9-17)32-22-25-18(13-29(19)22)21(30)24-10-16-12-28(27-26-16)11-14-3-5-15(23)6-4-14/h3-9,12-13H,2,10-11H2,1H3,(H,24,30). The number of halogens is 1. The van der Waals surface area contributed by atoms with Crippen LogP contribution in [0.25, 0.3) is 15.2 Å². The highest BCUT2D eigenvalue weighted by atomic mass is 32.1. The summed E-state index contributed by atoms with van der Waals surface area (Å²) in [5.74, 6) is 0.251. The largest absolute Gasteiger partial charge is 0.494 e. The third-order valence-corrected chi connectivity index (χ3v) is 5.90. The number of nitrogens with one attached hydrogen (secondary N) is 1. The van der Waals surface area contributed by atoms with E-state index >= 15 is 0 Å². The van der Waals surface area contributed by atoms with Crippen molar-refractivity contribution < 1.29 is 13.9 Å². The maximum absolute atomic E-state index is 13.0. The topological polar surface area (TPSA) is 86.3 Å². The Balaban J connectivity index is 1.25. The number of aromatic nitrogens is 5. The fourth-order valence-corrected chi connectivity index (χ4v) is 4.42. The van der Waals surface area contributed by atoms with Crippen LogP contribution in [0.2, 0.25) is 0 Å². The van der Waals surface area contributed by atoms with Crippen molar-refractivity contribution in [3.8, 4) is 5.75 Å². The number of thiazole rings is 1. The van der Waals surface area contributed by atoms with Gasteiger partial charge in [0.15, 0.2) is 4.96 Å². The van der Waals surface area contributed by atoms with E-state index in [9.17, 15) is 9.18 Å². The average molecular weight is 450 g/mol. The first-order valence-electron chi connectivity index (χ1n) is 10.0. The third-order valence-electron chi connectivity index (χ3n) is 4.88. The van der Waals surface area contributed by atoms with Crippen molar-refractivity contribution in [1.29, 1.82) is 0 Å². The van der Waals surface area contributed by atoms with Crippen LogP contribution in [0.1, 0.15) is 28.7 Å². The van der Waals surface area contributed by atoms with Gasteiger partial charge in [-0.05, 0) is 42.8 Å². The average Bonchev–Trinajstić information content (AvgIpc) is 3.48. The first kappa shape index (κ1) is 20.1. The van der Waals surface area contributed by atoms with Crippen LogP contribution in [0.5, 0.6) is 5.75 Å². The smallest absolute Gasteiger partial charge is 0.271 e. The molecule has 0 atom stereocenters. The lowest BCUT2D eigenvalue weighted by molar-refractivity contribution is 0.0946. The fourth-order valence-electron chi connectivity index (χ4n) is 3.38. The molecule has 3 aromatic heterocycles. The summed E-state index contributed by atoms with van der Waals surface area (Å²) in [6.45, 7) is 3.25. The second-order valence-corrected chi connectivity index (χ2v) is 8.17. The molecule has 0 radical (unpaired) electrons. The van der Waals surface area contributed by atoms with E-state index in [0.717, 1.165) is 26.5 Å². The zero-order valence-electron chi connectivity index (χ0n) is 17.2. The van der Waals surface area contributed by atoms with E-state index < -0.39 is 0 Å². The Morgan fingerprint density at radius 2 is 2.03 bits per heavy atom. The van der Waals surface area contributed by atoms with Gasteiger partial charge >= 0.3 is 0 Å². The van der Waals surface area contributed by atoms with Gasteiger partial charge in [-0.2, -0.15) is 0 Å². The number of rotatable bonds is 7. The molecule has 0 aliphatic heterocycles.